The van der Waals surface area contributed by atoms with E-state index in [0.717, 1.165) is 5.52 Å². The Morgan fingerprint density at radius 3 is 2.63 bits per heavy atom. The summed E-state index contributed by atoms with van der Waals surface area (Å²) in [5, 5.41) is 11.2. The van der Waals surface area contributed by atoms with Crippen molar-refractivity contribution in [2.75, 3.05) is 6.54 Å². The van der Waals surface area contributed by atoms with Crippen LogP contribution in [-0.2, 0) is 16.6 Å². The Hall–Kier alpha value is -2.63. The summed E-state index contributed by atoms with van der Waals surface area (Å²) in [6, 6.07) is 7.18. The van der Waals surface area contributed by atoms with Crippen molar-refractivity contribution in [3.8, 4) is 0 Å². The number of para-hydroxylation sites is 1. The molecule has 1 heterocycles. The van der Waals surface area contributed by atoms with E-state index in [-0.39, 0.29) is 5.56 Å². The lowest BCUT2D eigenvalue weighted by Crippen LogP contribution is -2.34. The van der Waals surface area contributed by atoms with Gasteiger partial charge in [0.1, 0.15) is 6.54 Å². The highest BCUT2D eigenvalue weighted by Gasteiger charge is 2.20. The summed E-state index contributed by atoms with van der Waals surface area (Å²) in [5.74, 6) is -2.85. The normalized spacial score (nSPS) is 10.4. The van der Waals surface area contributed by atoms with E-state index in [0.29, 0.717) is 5.39 Å². The number of fused-ring (bicyclic) bond motifs is 1. The highest BCUT2D eigenvalue weighted by molar-refractivity contribution is 6.45. The van der Waals surface area contributed by atoms with E-state index in [1.165, 1.54) is 0 Å². The Labute approximate surface area is 108 Å². The minimum absolute atomic E-state index is 0.265. The number of carbonyl (C=O) groups is 3. The van der Waals surface area contributed by atoms with Crippen LogP contribution in [0.4, 0.5) is 0 Å². The van der Waals surface area contributed by atoms with Crippen molar-refractivity contribution in [1.29, 1.82) is 0 Å². The van der Waals surface area contributed by atoms with Gasteiger partial charge >= 0.3 is 5.97 Å². The predicted molar refractivity (Wildman–Crippen MR) is 67.9 cm³/mol. The number of aryl methyl sites for hydroxylation is 1. The van der Waals surface area contributed by atoms with Crippen LogP contribution in [0.1, 0.15) is 10.4 Å². The third kappa shape index (κ3) is 2.47. The van der Waals surface area contributed by atoms with Gasteiger partial charge < -0.3 is 15.0 Å². The fraction of sp³-hybridized carbons (Fsp3) is 0.154. The first-order valence-corrected chi connectivity index (χ1v) is 5.59. The van der Waals surface area contributed by atoms with Crippen LogP contribution in [0.15, 0.2) is 30.5 Å². The topological polar surface area (TPSA) is 88.4 Å². The molecule has 0 fully saturated rings. The summed E-state index contributed by atoms with van der Waals surface area (Å²) >= 11 is 0. The molecule has 98 valence electrons. The van der Waals surface area contributed by atoms with Crippen LogP contribution in [0, 0.1) is 0 Å². The Bertz CT molecular complexity index is 672. The van der Waals surface area contributed by atoms with Crippen LogP contribution in [0.25, 0.3) is 10.9 Å². The van der Waals surface area contributed by atoms with Gasteiger partial charge in [0, 0.05) is 24.1 Å². The standard InChI is InChI=1S/C13H12N2O4/c1-15-7-9(8-4-2-3-5-10(8)15)12(18)13(19)14-6-11(16)17/h2-5,7H,6H2,1H3,(H,14,19)(H,16,17). The van der Waals surface area contributed by atoms with Crippen LogP contribution in [0.3, 0.4) is 0 Å². The van der Waals surface area contributed by atoms with Crippen molar-refractivity contribution in [2.45, 2.75) is 0 Å². The van der Waals surface area contributed by atoms with Gasteiger partial charge in [-0.15, -0.1) is 0 Å². The molecule has 0 unspecified atom stereocenters. The summed E-state index contributed by atoms with van der Waals surface area (Å²) in [7, 11) is 1.77. The lowest BCUT2D eigenvalue weighted by atomic mass is 10.1. The Morgan fingerprint density at radius 1 is 1.26 bits per heavy atom. The molecule has 1 amide bonds. The van der Waals surface area contributed by atoms with E-state index in [4.69, 9.17) is 5.11 Å². The largest absolute Gasteiger partial charge is 0.480 e. The number of carbonyl (C=O) groups excluding carboxylic acids is 2. The minimum atomic E-state index is -1.20. The van der Waals surface area contributed by atoms with E-state index in [9.17, 15) is 14.4 Å². The van der Waals surface area contributed by atoms with Crippen molar-refractivity contribution < 1.29 is 19.5 Å². The number of nitrogens with zero attached hydrogens (tertiary/aromatic N) is 1. The molecule has 0 radical (unpaired) electrons. The lowest BCUT2D eigenvalue weighted by molar-refractivity contribution is -0.137. The summed E-state index contributed by atoms with van der Waals surface area (Å²) in [6.45, 7) is -0.574. The van der Waals surface area contributed by atoms with Crippen LogP contribution >= 0.6 is 0 Å². The number of hydrogen-bond donors (Lipinski definition) is 2. The minimum Gasteiger partial charge on any atom is -0.480 e. The number of nitrogens with one attached hydrogen (secondary N) is 1. The maximum Gasteiger partial charge on any atom is 0.322 e. The molecule has 0 aliphatic rings. The van der Waals surface area contributed by atoms with Crippen molar-refractivity contribution >= 4 is 28.6 Å². The quantitative estimate of drug-likeness (QED) is 0.621. The molecule has 1 aromatic carbocycles. The number of Topliss-reactive ketones (excluding diaryl/α,β-unsaturated/α-hetero) is 1. The molecule has 0 saturated carbocycles. The molecule has 0 bridgehead atoms. The first-order chi connectivity index (χ1) is 9.00. The molecule has 19 heavy (non-hydrogen) atoms. The Kier molecular flexibility index (Phi) is 3.33. The zero-order valence-corrected chi connectivity index (χ0v) is 10.2. The average molecular weight is 260 g/mol. The molecule has 0 aliphatic heterocycles. The maximum atomic E-state index is 12.0. The molecule has 2 aromatic rings. The SMILES string of the molecule is Cn1cc(C(=O)C(=O)NCC(=O)O)c2ccccc21. The van der Waals surface area contributed by atoms with Crippen LogP contribution < -0.4 is 5.32 Å². The molecule has 1 aromatic heterocycles. The predicted octanol–water partition coefficient (Wildman–Crippen LogP) is 0.562. The molecule has 0 aliphatic carbocycles. The van der Waals surface area contributed by atoms with Crippen LogP contribution in [0.2, 0.25) is 0 Å². The molecule has 0 spiro atoms. The zero-order valence-electron chi connectivity index (χ0n) is 10.2. The van der Waals surface area contributed by atoms with E-state index in [2.05, 4.69) is 5.32 Å². The Balaban J connectivity index is 2.31. The molecule has 6 heteroatoms. The van der Waals surface area contributed by atoms with Crippen LogP contribution in [0.5, 0.6) is 0 Å². The number of carboxylic acids is 1. The number of carboxylic acid groups (broad SMARTS) is 1. The number of aliphatic carboxylic acids is 1. The molecule has 2 N–H and O–H groups in total. The first-order valence-electron chi connectivity index (χ1n) is 5.59. The van der Waals surface area contributed by atoms with Crippen LogP contribution in [-0.4, -0.2) is 33.9 Å². The molecule has 0 atom stereocenters. The van der Waals surface area contributed by atoms with Gasteiger partial charge in [-0.25, -0.2) is 0 Å². The molecule has 2 rings (SSSR count). The molecule has 6 nitrogen and oxygen atoms in total. The zero-order chi connectivity index (χ0) is 14.0. The van der Waals surface area contributed by atoms with Gasteiger partial charge in [-0.3, -0.25) is 14.4 Å². The summed E-state index contributed by atoms with van der Waals surface area (Å²) in [4.78, 5) is 33.9. The number of rotatable bonds is 4. The van der Waals surface area contributed by atoms with Gasteiger partial charge in [0.2, 0.25) is 0 Å². The number of ketones is 1. The van der Waals surface area contributed by atoms with Crippen molar-refractivity contribution in [3.05, 3.63) is 36.0 Å². The van der Waals surface area contributed by atoms with Gasteiger partial charge in [0.25, 0.3) is 11.7 Å². The smallest absolute Gasteiger partial charge is 0.322 e. The monoisotopic (exact) mass is 260 g/mol. The molecular formula is C13H12N2O4. The highest BCUT2D eigenvalue weighted by Crippen LogP contribution is 2.20. The van der Waals surface area contributed by atoms with Crippen molar-refractivity contribution in [1.82, 2.24) is 9.88 Å². The summed E-state index contributed by atoms with van der Waals surface area (Å²) in [5.41, 5.74) is 1.10. The van der Waals surface area contributed by atoms with Gasteiger partial charge in [-0.05, 0) is 6.07 Å². The van der Waals surface area contributed by atoms with Crippen molar-refractivity contribution in [3.63, 3.8) is 0 Å². The third-order valence-corrected chi connectivity index (χ3v) is 2.75. The summed E-state index contributed by atoms with van der Waals surface area (Å²) in [6.07, 6.45) is 1.56. The van der Waals surface area contributed by atoms with Gasteiger partial charge in [0.15, 0.2) is 0 Å². The summed E-state index contributed by atoms with van der Waals surface area (Å²) < 4.78 is 1.74. The van der Waals surface area contributed by atoms with Gasteiger partial charge in [-0.1, -0.05) is 18.2 Å². The van der Waals surface area contributed by atoms with E-state index in [1.54, 1.807) is 29.9 Å². The van der Waals surface area contributed by atoms with E-state index >= 15 is 0 Å². The van der Waals surface area contributed by atoms with E-state index in [1.807, 2.05) is 12.1 Å². The highest BCUT2D eigenvalue weighted by atomic mass is 16.4. The fourth-order valence-corrected chi connectivity index (χ4v) is 1.88. The van der Waals surface area contributed by atoms with Crippen molar-refractivity contribution in [2.24, 2.45) is 7.05 Å². The number of aromatic nitrogens is 1. The average Bonchev–Trinajstić information content (AvgIpc) is 2.73. The second kappa shape index (κ2) is 4.93. The Morgan fingerprint density at radius 2 is 1.95 bits per heavy atom. The second-order valence-electron chi connectivity index (χ2n) is 4.08. The fourth-order valence-electron chi connectivity index (χ4n) is 1.88. The second-order valence-corrected chi connectivity index (χ2v) is 4.08. The third-order valence-electron chi connectivity index (χ3n) is 2.75. The lowest BCUT2D eigenvalue weighted by Gasteiger charge is -2.00. The maximum absolute atomic E-state index is 12.0. The van der Waals surface area contributed by atoms with Gasteiger partial charge in [0.05, 0.1) is 5.56 Å². The first kappa shape index (κ1) is 12.8. The number of hydrogen-bond acceptors (Lipinski definition) is 3. The molecule has 0 saturated heterocycles. The molecular weight excluding hydrogens is 248 g/mol. The number of benzene rings is 1. The van der Waals surface area contributed by atoms with E-state index < -0.39 is 24.2 Å². The number of amides is 1. The van der Waals surface area contributed by atoms with Gasteiger partial charge in [-0.2, -0.15) is 0 Å².